The topological polar surface area (TPSA) is 287 Å². The number of allylic oxidation sites excluding steroid dienone is 1. The molecule has 0 radical (unpaired) electrons. The quantitative estimate of drug-likeness (QED) is 0.0680. The summed E-state index contributed by atoms with van der Waals surface area (Å²) in [5.41, 5.74) is 16.7. The van der Waals surface area contributed by atoms with E-state index in [0.29, 0.717) is 5.56 Å². The fourth-order valence-electron chi connectivity index (χ4n) is 3.00. The Hall–Kier alpha value is -5.71. The summed E-state index contributed by atoms with van der Waals surface area (Å²) in [5, 5.41) is 19.2. The van der Waals surface area contributed by atoms with Gasteiger partial charge in [-0.2, -0.15) is 16.8 Å². The van der Waals surface area contributed by atoms with Gasteiger partial charge >= 0.3 is 20.6 Å². The summed E-state index contributed by atoms with van der Waals surface area (Å²) < 4.78 is 58.0. The smallest absolute Gasteiger partial charge is 0.403 e. The molecule has 3 aromatic carbocycles. The van der Waals surface area contributed by atoms with Gasteiger partial charge in [0.05, 0.1) is 14.6 Å². The van der Waals surface area contributed by atoms with Crippen LogP contribution in [0.25, 0.3) is 27.0 Å². The number of phenolic OH excluding ortho intramolecular Hbond substituents is 2. The van der Waals surface area contributed by atoms with Crippen LogP contribution in [0.15, 0.2) is 81.8 Å². The minimum Gasteiger partial charge on any atom is -0.504 e. The van der Waals surface area contributed by atoms with Gasteiger partial charge < -0.3 is 14.4 Å². The average Bonchev–Trinajstić information content (AvgIpc) is 2.94. The van der Waals surface area contributed by atoms with Crippen molar-refractivity contribution in [2.24, 2.45) is 9.04 Å². The lowest BCUT2D eigenvalue weighted by Crippen LogP contribution is -2.15. The predicted molar refractivity (Wildman–Crippen MR) is 144 cm³/mol. The molecule has 1 aliphatic rings. The van der Waals surface area contributed by atoms with E-state index in [9.17, 15) is 41.4 Å². The van der Waals surface area contributed by atoms with Crippen molar-refractivity contribution in [2.45, 2.75) is 0 Å². The molecule has 0 spiro atoms. The number of Topliss-reactive ketones (excluding diaryl/α,β-unsaturated/α-hetero) is 1. The highest BCUT2D eigenvalue weighted by Gasteiger charge is 2.25. The lowest BCUT2D eigenvalue weighted by atomic mass is 9.96. The summed E-state index contributed by atoms with van der Waals surface area (Å²) in [6.07, 6.45) is 2.98. The van der Waals surface area contributed by atoms with E-state index in [1.165, 1.54) is 18.2 Å². The summed E-state index contributed by atoms with van der Waals surface area (Å²) in [7, 11) is -9.24. The zero-order chi connectivity index (χ0) is 31.5. The lowest BCUT2D eigenvalue weighted by molar-refractivity contribution is -0.110. The Labute approximate surface area is 236 Å². The molecule has 0 aliphatic heterocycles. The highest BCUT2D eigenvalue weighted by molar-refractivity contribution is 7.85. The molecule has 4 rings (SSSR count). The second-order valence-corrected chi connectivity index (χ2v) is 9.66. The number of nitrogens with zero attached hydrogens (tertiary/aromatic N) is 6. The van der Waals surface area contributed by atoms with E-state index in [-0.39, 0.29) is 11.1 Å². The van der Waals surface area contributed by atoms with E-state index in [0.717, 1.165) is 17.7 Å². The number of aromatic hydroxyl groups is 2. The molecule has 0 atom stereocenters. The van der Waals surface area contributed by atoms with Gasteiger partial charge in [0.2, 0.25) is 17.3 Å². The first-order valence-corrected chi connectivity index (χ1v) is 13.5. The Morgan fingerprint density at radius 1 is 0.810 bits per heavy atom. The third-order valence-electron chi connectivity index (χ3n) is 4.70. The van der Waals surface area contributed by atoms with Gasteiger partial charge in [0.25, 0.3) is 0 Å². The highest BCUT2D eigenvalue weighted by Crippen LogP contribution is 2.40. The van der Waals surface area contributed by atoms with Crippen LogP contribution >= 0.6 is 0 Å². The Balaban J connectivity index is 0.000000268. The fourth-order valence-corrected chi connectivity index (χ4v) is 3.60. The minimum absolute atomic E-state index is 0.198. The summed E-state index contributed by atoms with van der Waals surface area (Å²) in [6.45, 7) is 0. The number of hydrogen-bond donors (Lipinski definition) is 3. The molecule has 1 aliphatic carbocycles. The maximum absolute atomic E-state index is 12.4. The van der Waals surface area contributed by atoms with Gasteiger partial charge in [0.15, 0.2) is 17.3 Å². The molecule has 0 saturated heterocycles. The van der Waals surface area contributed by atoms with Crippen molar-refractivity contribution < 1.29 is 50.2 Å². The first-order valence-electron chi connectivity index (χ1n) is 10.8. The van der Waals surface area contributed by atoms with Crippen LogP contribution in [0.2, 0.25) is 0 Å². The van der Waals surface area contributed by atoms with E-state index in [1.807, 2.05) is 16.7 Å². The molecular formula is C23H16N6O11S2. The molecule has 17 nitrogen and oxygen atoms in total. The third kappa shape index (κ3) is 9.19. The van der Waals surface area contributed by atoms with Crippen molar-refractivity contribution in [3.8, 4) is 17.2 Å². The number of ketones is 3. The molecule has 0 heterocycles. The van der Waals surface area contributed by atoms with Crippen LogP contribution in [-0.4, -0.2) is 49.0 Å². The Kier molecular flexibility index (Phi) is 10.9. The summed E-state index contributed by atoms with van der Waals surface area (Å²) >= 11 is 0. The van der Waals surface area contributed by atoms with E-state index >= 15 is 0 Å². The second-order valence-electron chi connectivity index (χ2n) is 7.42. The molecule has 19 heteroatoms. The minimum atomic E-state index is -4.78. The number of benzene rings is 3. The molecule has 216 valence electrons. The van der Waals surface area contributed by atoms with E-state index in [4.69, 9.17) is 15.6 Å². The van der Waals surface area contributed by atoms with Gasteiger partial charge in [0, 0.05) is 21.0 Å². The van der Waals surface area contributed by atoms with Crippen LogP contribution in [0.3, 0.4) is 0 Å². The number of phenols is 2. The van der Waals surface area contributed by atoms with Crippen LogP contribution in [0, 0.1) is 0 Å². The molecule has 3 N–H and O–H groups in total. The molecule has 0 saturated carbocycles. The summed E-state index contributed by atoms with van der Waals surface area (Å²) in [4.78, 5) is 38.4. The largest absolute Gasteiger partial charge is 0.504 e. The van der Waals surface area contributed by atoms with Crippen molar-refractivity contribution in [1.82, 2.24) is 0 Å². The average molecular weight is 617 g/mol. The second kappa shape index (κ2) is 14.1. The number of carbonyl (C=O) groups is 3. The van der Waals surface area contributed by atoms with Crippen LogP contribution in [0.4, 0.5) is 0 Å². The number of rotatable bonds is 6. The van der Waals surface area contributed by atoms with Gasteiger partial charge in [-0.05, 0) is 34.8 Å². The van der Waals surface area contributed by atoms with Crippen LogP contribution in [0.1, 0.15) is 31.8 Å². The monoisotopic (exact) mass is 616 g/mol. The van der Waals surface area contributed by atoms with Gasteiger partial charge in [-0.25, -0.2) is 0 Å². The Morgan fingerprint density at radius 2 is 1.40 bits per heavy atom. The number of fused-ring (bicyclic) bond motifs is 1. The SMILES string of the molecule is O=C1C=Cc2ccccc2C1=O.[N-]=[N+]=NS(=O)(=O)O.[N-]=[N+]=NS(=O)(=O)Oc1c(C(=O)c2ccccc2)ccc(O)c1O. The number of azide groups is 2. The van der Waals surface area contributed by atoms with Crippen molar-refractivity contribution in [3.05, 3.63) is 116 Å². The summed E-state index contributed by atoms with van der Waals surface area (Å²) in [6, 6.07) is 16.9. The van der Waals surface area contributed by atoms with Crippen molar-refractivity contribution in [2.75, 3.05) is 0 Å². The number of hydrogen-bond acceptors (Lipinski definition) is 10. The van der Waals surface area contributed by atoms with Crippen molar-refractivity contribution in [1.29, 1.82) is 0 Å². The van der Waals surface area contributed by atoms with Crippen molar-refractivity contribution >= 4 is 44.0 Å². The maximum Gasteiger partial charge on any atom is 0.403 e. The Morgan fingerprint density at radius 3 is 1.98 bits per heavy atom. The van der Waals surface area contributed by atoms with E-state index in [2.05, 4.69) is 13.6 Å². The standard InChI is InChI=1S/C13H9N3O6S.C10H6O2.HN3O3S/c14-15-16-23(20,21)22-13-9(6-7-10(17)12(13)19)11(18)8-4-2-1-3-5-8;11-9-6-5-7-3-1-2-4-8(7)10(9)12;1-2-3-7(4,5)6/h1-7,17,19H;1-6H;(H,4,5,6). The molecule has 0 unspecified atom stereocenters. The molecular weight excluding hydrogens is 600 g/mol. The molecule has 0 bridgehead atoms. The van der Waals surface area contributed by atoms with Gasteiger partial charge in [-0.15, -0.1) is 0 Å². The number of carbonyl (C=O) groups excluding carboxylic acids is 3. The zero-order valence-corrected chi connectivity index (χ0v) is 22.2. The van der Waals surface area contributed by atoms with Crippen molar-refractivity contribution in [3.63, 3.8) is 0 Å². The van der Waals surface area contributed by atoms with Gasteiger partial charge in [-0.3, -0.25) is 18.9 Å². The zero-order valence-electron chi connectivity index (χ0n) is 20.6. The molecule has 0 fully saturated rings. The van der Waals surface area contributed by atoms with Gasteiger partial charge in [-0.1, -0.05) is 60.7 Å². The molecule has 0 amide bonds. The first-order chi connectivity index (χ1) is 19.7. The van der Waals surface area contributed by atoms with Crippen LogP contribution < -0.4 is 4.18 Å². The first kappa shape index (κ1) is 32.5. The Bertz CT molecular complexity index is 1880. The lowest BCUT2D eigenvalue weighted by Gasteiger charge is -2.11. The fraction of sp³-hybridized carbons (Fsp3) is 0. The molecule has 0 aromatic heterocycles. The summed E-state index contributed by atoms with van der Waals surface area (Å²) in [5.74, 6) is -4.01. The third-order valence-corrected chi connectivity index (χ3v) is 5.63. The van der Waals surface area contributed by atoms with E-state index < -0.39 is 55.2 Å². The maximum atomic E-state index is 12.4. The molecule has 42 heavy (non-hydrogen) atoms. The molecule has 3 aromatic rings. The van der Waals surface area contributed by atoms with Gasteiger partial charge in [0.1, 0.15) is 0 Å². The normalized spacial score (nSPS) is 11.6. The van der Waals surface area contributed by atoms with Crippen LogP contribution in [-0.2, 0) is 25.4 Å². The predicted octanol–water partition coefficient (Wildman–Crippen LogP) is 3.83. The van der Waals surface area contributed by atoms with E-state index in [1.54, 1.807) is 41.3 Å². The highest BCUT2D eigenvalue weighted by atomic mass is 32.2. The van der Waals surface area contributed by atoms with Crippen LogP contribution in [0.5, 0.6) is 17.2 Å².